The second-order valence-electron chi connectivity index (χ2n) is 9.57. The largest absolute Gasteiger partial charge is 0.342 e. The van der Waals surface area contributed by atoms with E-state index in [2.05, 4.69) is 87.9 Å². The summed E-state index contributed by atoms with van der Waals surface area (Å²) in [4.78, 5) is 8.08. The highest BCUT2D eigenvalue weighted by Crippen LogP contribution is 2.40. The third kappa shape index (κ3) is 2.88. The van der Waals surface area contributed by atoms with Gasteiger partial charge in [-0.1, -0.05) is 71.9 Å². The minimum absolute atomic E-state index is 0.0363. The Kier molecular flexibility index (Phi) is 3.66. The SMILES string of the molecule is CC(C)(C)c1ccc2c(c1)Cc1cc(-c3cnc(C(C)(C)C)[nH]3)ccc1-2. The van der Waals surface area contributed by atoms with E-state index in [1.165, 1.54) is 33.4 Å². The predicted octanol–water partition coefficient (Wildman–Crippen LogP) is 6.24. The number of benzene rings is 2. The lowest BCUT2D eigenvalue weighted by Gasteiger charge is -2.20. The lowest BCUT2D eigenvalue weighted by molar-refractivity contribution is 0.553. The van der Waals surface area contributed by atoms with Gasteiger partial charge in [-0.15, -0.1) is 0 Å². The summed E-state index contributed by atoms with van der Waals surface area (Å²) < 4.78 is 0. The van der Waals surface area contributed by atoms with Crippen LogP contribution < -0.4 is 0 Å². The number of fused-ring (bicyclic) bond motifs is 3. The third-order valence-electron chi connectivity index (χ3n) is 5.34. The second kappa shape index (κ2) is 5.57. The van der Waals surface area contributed by atoms with E-state index in [4.69, 9.17) is 0 Å². The van der Waals surface area contributed by atoms with Crippen molar-refractivity contribution in [2.75, 3.05) is 0 Å². The number of H-pyrrole nitrogens is 1. The van der Waals surface area contributed by atoms with Gasteiger partial charge in [0.1, 0.15) is 5.82 Å². The maximum absolute atomic E-state index is 4.58. The highest BCUT2D eigenvalue weighted by molar-refractivity contribution is 5.80. The van der Waals surface area contributed by atoms with Crippen molar-refractivity contribution in [2.24, 2.45) is 0 Å². The standard InChI is InChI=1S/C24H28N2/c1-23(2,3)18-8-10-20-17(13-18)12-16-11-15(7-9-19(16)20)21-14-25-22(26-21)24(4,5)6/h7-11,13-14H,12H2,1-6H3,(H,25,26). The Bertz CT molecular complexity index is 978. The Balaban J connectivity index is 1.70. The van der Waals surface area contributed by atoms with Crippen LogP contribution in [0, 0.1) is 0 Å². The molecule has 0 saturated heterocycles. The summed E-state index contributed by atoms with van der Waals surface area (Å²) in [6, 6.07) is 13.8. The average Bonchev–Trinajstić information content (AvgIpc) is 3.17. The zero-order chi connectivity index (χ0) is 18.7. The first-order valence-corrected chi connectivity index (χ1v) is 9.45. The fourth-order valence-corrected chi connectivity index (χ4v) is 3.69. The van der Waals surface area contributed by atoms with Crippen LogP contribution in [0.1, 0.15) is 64.1 Å². The molecule has 1 aliphatic rings. The van der Waals surface area contributed by atoms with Crippen LogP contribution in [0.2, 0.25) is 0 Å². The Morgan fingerprint density at radius 1 is 0.808 bits per heavy atom. The normalized spacial score (nSPS) is 13.6. The molecule has 1 aliphatic carbocycles. The van der Waals surface area contributed by atoms with Gasteiger partial charge in [-0.2, -0.15) is 0 Å². The number of nitrogens with one attached hydrogen (secondary N) is 1. The molecule has 1 N–H and O–H groups in total. The lowest BCUT2D eigenvalue weighted by Crippen LogP contribution is -2.13. The summed E-state index contributed by atoms with van der Waals surface area (Å²) in [7, 11) is 0. The molecule has 2 heteroatoms. The molecule has 1 aromatic heterocycles. The fourth-order valence-electron chi connectivity index (χ4n) is 3.69. The molecule has 0 aliphatic heterocycles. The molecule has 0 unspecified atom stereocenters. The van der Waals surface area contributed by atoms with Crippen molar-refractivity contribution >= 4 is 0 Å². The van der Waals surface area contributed by atoms with E-state index >= 15 is 0 Å². The second-order valence-corrected chi connectivity index (χ2v) is 9.57. The van der Waals surface area contributed by atoms with Gasteiger partial charge in [0.15, 0.2) is 0 Å². The first-order chi connectivity index (χ1) is 12.1. The van der Waals surface area contributed by atoms with Gasteiger partial charge < -0.3 is 4.98 Å². The van der Waals surface area contributed by atoms with Gasteiger partial charge in [0.2, 0.25) is 0 Å². The van der Waals surface area contributed by atoms with Crippen LogP contribution in [0.3, 0.4) is 0 Å². The van der Waals surface area contributed by atoms with Crippen molar-refractivity contribution in [1.29, 1.82) is 0 Å². The van der Waals surface area contributed by atoms with Gasteiger partial charge in [0.25, 0.3) is 0 Å². The molecule has 4 rings (SSSR count). The van der Waals surface area contributed by atoms with E-state index in [1.54, 1.807) is 0 Å². The van der Waals surface area contributed by atoms with Crippen LogP contribution in [0.5, 0.6) is 0 Å². The van der Waals surface area contributed by atoms with Crippen molar-refractivity contribution < 1.29 is 0 Å². The first-order valence-electron chi connectivity index (χ1n) is 9.45. The lowest BCUT2D eigenvalue weighted by atomic mass is 9.85. The Labute approximate surface area is 156 Å². The van der Waals surface area contributed by atoms with Gasteiger partial charge in [0, 0.05) is 5.41 Å². The maximum Gasteiger partial charge on any atom is 0.111 e. The van der Waals surface area contributed by atoms with E-state index in [0.29, 0.717) is 0 Å². The van der Waals surface area contributed by atoms with Gasteiger partial charge >= 0.3 is 0 Å². The molecule has 0 amide bonds. The van der Waals surface area contributed by atoms with Gasteiger partial charge in [-0.05, 0) is 51.3 Å². The number of hydrogen-bond donors (Lipinski definition) is 1. The molecule has 0 bridgehead atoms. The molecule has 1 heterocycles. The molecule has 0 atom stereocenters. The minimum Gasteiger partial charge on any atom is -0.342 e. The van der Waals surface area contributed by atoms with E-state index in [9.17, 15) is 0 Å². The topological polar surface area (TPSA) is 28.7 Å². The maximum atomic E-state index is 4.58. The molecule has 0 spiro atoms. The van der Waals surface area contributed by atoms with Gasteiger partial charge in [-0.25, -0.2) is 4.98 Å². The number of aromatic nitrogens is 2. The van der Waals surface area contributed by atoms with Crippen molar-refractivity contribution in [3.8, 4) is 22.4 Å². The predicted molar refractivity (Wildman–Crippen MR) is 110 cm³/mol. The molecular weight excluding hydrogens is 316 g/mol. The molecule has 0 fully saturated rings. The number of hydrogen-bond acceptors (Lipinski definition) is 1. The zero-order valence-corrected chi connectivity index (χ0v) is 16.7. The molecule has 3 aromatic rings. The monoisotopic (exact) mass is 344 g/mol. The molecule has 2 aromatic carbocycles. The summed E-state index contributed by atoms with van der Waals surface area (Å²) in [6.07, 6.45) is 2.98. The highest BCUT2D eigenvalue weighted by Gasteiger charge is 2.23. The summed E-state index contributed by atoms with van der Waals surface area (Å²) in [5.74, 6) is 1.03. The summed E-state index contributed by atoms with van der Waals surface area (Å²) in [5, 5.41) is 0. The highest BCUT2D eigenvalue weighted by atomic mass is 14.9. The molecule has 0 saturated carbocycles. The van der Waals surface area contributed by atoms with Crippen molar-refractivity contribution in [3.63, 3.8) is 0 Å². The van der Waals surface area contributed by atoms with E-state index in [0.717, 1.165) is 17.9 Å². The fraction of sp³-hybridized carbons (Fsp3) is 0.375. The summed E-state index contributed by atoms with van der Waals surface area (Å²) in [5.41, 5.74) is 9.58. The molecular formula is C24H28N2. The third-order valence-corrected chi connectivity index (χ3v) is 5.34. The van der Waals surface area contributed by atoms with Crippen LogP contribution in [-0.4, -0.2) is 9.97 Å². The molecule has 2 nitrogen and oxygen atoms in total. The van der Waals surface area contributed by atoms with Crippen LogP contribution in [0.4, 0.5) is 0 Å². The van der Waals surface area contributed by atoms with Crippen molar-refractivity contribution in [2.45, 2.75) is 58.8 Å². The zero-order valence-electron chi connectivity index (χ0n) is 16.7. The van der Waals surface area contributed by atoms with Crippen LogP contribution in [0.15, 0.2) is 42.6 Å². The molecule has 134 valence electrons. The number of aromatic amines is 1. The van der Waals surface area contributed by atoms with Crippen LogP contribution in [0.25, 0.3) is 22.4 Å². The Morgan fingerprint density at radius 3 is 2.08 bits per heavy atom. The van der Waals surface area contributed by atoms with E-state index in [1.807, 2.05) is 6.20 Å². The minimum atomic E-state index is 0.0363. The quantitative estimate of drug-likeness (QED) is 0.435. The summed E-state index contributed by atoms with van der Waals surface area (Å²) >= 11 is 0. The average molecular weight is 345 g/mol. The van der Waals surface area contributed by atoms with Crippen LogP contribution in [-0.2, 0) is 17.3 Å². The first kappa shape index (κ1) is 17.1. The number of nitrogens with zero attached hydrogens (tertiary/aromatic N) is 1. The number of imidazole rings is 1. The molecule has 26 heavy (non-hydrogen) atoms. The smallest absolute Gasteiger partial charge is 0.111 e. The van der Waals surface area contributed by atoms with Gasteiger partial charge in [-0.3, -0.25) is 0 Å². The van der Waals surface area contributed by atoms with E-state index < -0.39 is 0 Å². The van der Waals surface area contributed by atoms with Crippen molar-refractivity contribution in [1.82, 2.24) is 9.97 Å². The van der Waals surface area contributed by atoms with E-state index in [-0.39, 0.29) is 10.8 Å². The van der Waals surface area contributed by atoms with Gasteiger partial charge in [0.05, 0.1) is 11.9 Å². The number of rotatable bonds is 1. The Morgan fingerprint density at radius 2 is 1.46 bits per heavy atom. The van der Waals surface area contributed by atoms with Crippen molar-refractivity contribution in [3.05, 3.63) is 65.1 Å². The van der Waals surface area contributed by atoms with Crippen LogP contribution >= 0.6 is 0 Å². The Hall–Kier alpha value is -2.35. The summed E-state index contributed by atoms with van der Waals surface area (Å²) in [6.45, 7) is 13.4. The molecule has 0 radical (unpaired) electrons.